The minimum atomic E-state index is 0.248. The molecule has 0 radical (unpaired) electrons. The molecule has 0 aliphatic carbocycles. The van der Waals surface area contributed by atoms with Crippen molar-refractivity contribution in [2.45, 2.75) is 6.54 Å². The van der Waals surface area contributed by atoms with Crippen molar-refractivity contribution in [3.05, 3.63) is 71.4 Å². The van der Waals surface area contributed by atoms with Gasteiger partial charge in [0, 0.05) is 29.2 Å². The zero-order valence-corrected chi connectivity index (χ0v) is 14.1. The van der Waals surface area contributed by atoms with E-state index in [9.17, 15) is 0 Å². The average molecular weight is 348 g/mol. The molecule has 25 heavy (non-hydrogen) atoms. The van der Waals surface area contributed by atoms with Gasteiger partial charge < -0.3 is 4.57 Å². The summed E-state index contributed by atoms with van der Waals surface area (Å²) < 4.78 is 2.15. The lowest BCUT2D eigenvalue weighted by atomic mass is 10.1. The molecule has 7 heteroatoms. The van der Waals surface area contributed by atoms with Crippen molar-refractivity contribution in [3.63, 3.8) is 0 Å². The highest BCUT2D eigenvalue weighted by molar-refractivity contribution is 7.80. The number of nitrogens with two attached hydrogens (primary N) is 1. The van der Waals surface area contributed by atoms with Gasteiger partial charge in [-0.2, -0.15) is 10.4 Å². The number of nitrogens with one attached hydrogen (secondary N) is 2. The first-order valence-electron chi connectivity index (χ1n) is 7.58. The smallest absolute Gasteiger partial charge is 0.201 e. The standard InChI is InChI=1S/C18H16N6S/c19-9-13-5-7-14(8-6-13)11-24-12-15(10-21-23-18(25)22-20)16-3-1-2-4-17(16)24/h1-8,10,12H,11,20H2,(H2,22,23,25)/b21-10+. The number of benzene rings is 2. The lowest BCUT2D eigenvalue weighted by Gasteiger charge is -2.05. The summed E-state index contributed by atoms with van der Waals surface area (Å²) in [6.45, 7) is 0.705. The number of hydrazine groups is 1. The van der Waals surface area contributed by atoms with Gasteiger partial charge in [-0.15, -0.1) is 0 Å². The summed E-state index contributed by atoms with van der Waals surface area (Å²) >= 11 is 4.89. The fourth-order valence-electron chi connectivity index (χ4n) is 2.58. The number of hydrogen-bond donors (Lipinski definition) is 3. The highest BCUT2D eigenvalue weighted by Gasteiger charge is 2.07. The Kier molecular flexibility index (Phi) is 5.04. The predicted octanol–water partition coefficient (Wildman–Crippen LogP) is 2.23. The van der Waals surface area contributed by atoms with Crippen LogP contribution in [0.3, 0.4) is 0 Å². The Morgan fingerprint density at radius 1 is 1.24 bits per heavy atom. The number of hydrogen-bond acceptors (Lipinski definition) is 4. The molecule has 2 aromatic carbocycles. The van der Waals surface area contributed by atoms with Gasteiger partial charge in [0.25, 0.3) is 0 Å². The summed E-state index contributed by atoms with van der Waals surface area (Å²) in [5.41, 5.74) is 8.81. The first-order valence-corrected chi connectivity index (χ1v) is 7.98. The van der Waals surface area contributed by atoms with E-state index in [1.54, 1.807) is 6.21 Å². The lowest BCUT2D eigenvalue weighted by molar-refractivity contribution is 0.836. The van der Waals surface area contributed by atoms with E-state index in [1.165, 1.54) is 0 Å². The number of nitriles is 1. The Hall–Kier alpha value is -3.21. The van der Waals surface area contributed by atoms with Crippen LogP contribution in [0, 0.1) is 11.3 Å². The van der Waals surface area contributed by atoms with Crippen LogP contribution in [0.25, 0.3) is 10.9 Å². The van der Waals surface area contributed by atoms with Gasteiger partial charge in [-0.25, -0.2) is 5.84 Å². The molecule has 0 aliphatic heterocycles. The van der Waals surface area contributed by atoms with E-state index in [1.807, 2.05) is 48.7 Å². The summed E-state index contributed by atoms with van der Waals surface area (Å²) in [5, 5.41) is 14.3. The summed E-state index contributed by atoms with van der Waals surface area (Å²) in [5.74, 6) is 5.20. The van der Waals surface area contributed by atoms with E-state index in [-0.39, 0.29) is 5.11 Å². The van der Waals surface area contributed by atoms with Crippen molar-refractivity contribution in [3.8, 4) is 6.07 Å². The van der Waals surface area contributed by atoms with Crippen molar-refractivity contribution in [1.82, 2.24) is 15.4 Å². The molecule has 0 amide bonds. The van der Waals surface area contributed by atoms with E-state index in [0.717, 1.165) is 22.0 Å². The van der Waals surface area contributed by atoms with Gasteiger partial charge in [0.1, 0.15) is 0 Å². The first kappa shape index (κ1) is 16.6. The molecule has 3 aromatic rings. The van der Waals surface area contributed by atoms with Gasteiger partial charge in [-0.1, -0.05) is 30.3 Å². The Morgan fingerprint density at radius 3 is 2.72 bits per heavy atom. The molecule has 0 atom stereocenters. The Labute approximate surface area is 150 Å². The normalized spacial score (nSPS) is 10.7. The lowest BCUT2D eigenvalue weighted by Crippen LogP contribution is -2.37. The third-order valence-corrected chi connectivity index (χ3v) is 3.97. The maximum atomic E-state index is 8.91. The SMILES string of the molecule is N#Cc1ccc(Cn2cc(/C=N/NC(=S)NN)c3ccccc32)cc1. The molecule has 0 saturated heterocycles. The van der Waals surface area contributed by atoms with E-state index in [2.05, 4.69) is 32.7 Å². The molecule has 0 fully saturated rings. The minimum Gasteiger partial charge on any atom is -0.342 e. The molecular formula is C18H16N6S. The summed E-state index contributed by atoms with van der Waals surface area (Å²) in [6, 6.07) is 17.8. The van der Waals surface area contributed by atoms with Gasteiger partial charge in [0.15, 0.2) is 0 Å². The summed E-state index contributed by atoms with van der Waals surface area (Å²) in [4.78, 5) is 0. The molecule has 0 saturated carbocycles. The van der Waals surface area contributed by atoms with Crippen LogP contribution in [0.5, 0.6) is 0 Å². The monoisotopic (exact) mass is 348 g/mol. The van der Waals surface area contributed by atoms with E-state index >= 15 is 0 Å². The van der Waals surface area contributed by atoms with Crippen molar-refractivity contribution in [1.29, 1.82) is 5.26 Å². The van der Waals surface area contributed by atoms with Crippen LogP contribution in [0.1, 0.15) is 16.7 Å². The fraction of sp³-hybridized carbons (Fsp3) is 0.0556. The van der Waals surface area contributed by atoms with Crippen molar-refractivity contribution in [2.24, 2.45) is 10.9 Å². The van der Waals surface area contributed by atoms with E-state index < -0.39 is 0 Å². The van der Waals surface area contributed by atoms with Crippen LogP contribution in [0.15, 0.2) is 59.8 Å². The van der Waals surface area contributed by atoms with Gasteiger partial charge in [0.2, 0.25) is 5.11 Å². The van der Waals surface area contributed by atoms with Crippen molar-refractivity contribution < 1.29 is 0 Å². The largest absolute Gasteiger partial charge is 0.342 e. The molecule has 1 aromatic heterocycles. The van der Waals surface area contributed by atoms with Crippen LogP contribution >= 0.6 is 12.2 Å². The Bertz CT molecular complexity index is 965. The fourth-order valence-corrected chi connectivity index (χ4v) is 2.64. The number of hydrazone groups is 1. The highest BCUT2D eigenvalue weighted by atomic mass is 32.1. The third kappa shape index (κ3) is 3.83. The third-order valence-electron chi connectivity index (χ3n) is 3.76. The topological polar surface area (TPSA) is 91.2 Å². The number of thiocarbonyl (C=S) groups is 1. The van der Waals surface area contributed by atoms with Crippen LogP contribution in [0.4, 0.5) is 0 Å². The molecule has 0 aliphatic rings. The van der Waals surface area contributed by atoms with Crippen LogP contribution < -0.4 is 16.7 Å². The molecule has 4 N–H and O–H groups in total. The number of fused-ring (bicyclic) bond motifs is 1. The van der Waals surface area contributed by atoms with E-state index in [0.29, 0.717) is 12.1 Å². The molecule has 6 nitrogen and oxygen atoms in total. The summed E-state index contributed by atoms with van der Waals surface area (Å²) in [6.07, 6.45) is 3.74. The van der Waals surface area contributed by atoms with Crippen molar-refractivity contribution in [2.75, 3.05) is 0 Å². The molecule has 0 unspecified atom stereocenters. The summed E-state index contributed by atoms with van der Waals surface area (Å²) in [7, 11) is 0. The second-order valence-electron chi connectivity index (χ2n) is 5.38. The van der Waals surface area contributed by atoms with Gasteiger partial charge in [-0.3, -0.25) is 10.9 Å². The second-order valence-corrected chi connectivity index (χ2v) is 5.79. The van der Waals surface area contributed by atoms with Gasteiger partial charge >= 0.3 is 0 Å². The van der Waals surface area contributed by atoms with Crippen LogP contribution in [-0.4, -0.2) is 15.9 Å². The maximum Gasteiger partial charge on any atom is 0.201 e. The molecule has 0 bridgehead atoms. The van der Waals surface area contributed by atoms with Crippen LogP contribution in [-0.2, 0) is 6.54 Å². The molecule has 1 heterocycles. The Balaban J connectivity index is 1.90. The number of para-hydroxylation sites is 1. The quantitative estimate of drug-likeness (QED) is 0.291. The molecular weight excluding hydrogens is 332 g/mol. The van der Waals surface area contributed by atoms with Crippen molar-refractivity contribution >= 4 is 34.4 Å². The number of rotatable bonds is 4. The van der Waals surface area contributed by atoms with Crippen LogP contribution in [0.2, 0.25) is 0 Å². The zero-order chi connectivity index (χ0) is 17.6. The average Bonchev–Trinajstić information content (AvgIpc) is 3.00. The second kappa shape index (κ2) is 7.57. The number of nitrogens with zero attached hydrogens (tertiary/aromatic N) is 3. The maximum absolute atomic E-state index is 8.91. The molecule has 124 valence electrons. The first-order chi connectivity index (χ1) is 12.2. The Morgan fingerprint density at radius 2 is 2.00 bits per heavy atom. The highest BCUT2D eigenvalue weighted by Crippen LogP contribution is 2.21. The van der Waals surface area contributed by atoms with Gasteiger partial charge in [0.05, 0.1) is 17.8 Å². The molecule has 3 rings (SSSR count). The zero-order valence-electron chi connectivity index (χ0n) is 13.3. The van der Waals surface area contributed by atoms with Gasteiger partial charge in [-0.05, 0) is 36.0 Å². The predicted molar refractivity (Wildman–Crippen MR) is 103 cm³/mol. The minimum absolute atomic E-state index is 0.248. The molecule has 0 spiro atoms. The number of aromatic nitrogens is 1. The van der Waals surface area contributed by atoms with E-state index in [4.69, 9.17) is 23.3 Å².